The zero-order valence-electron chi connectivity index (χ0n) is 11.5. The fourth-order valence-electron chi connectivity index (χ4n) is 1.72. The van der Waals surface area contributed by atoms with Crippen LogP contribution in [0.15, 0.2) is 10.3 Å². The summed E-state index contributed by atoms with van der Waals surface area (Å²) in [7, 11) is -3.59. The van der Waals surface area contributed by atoms with Gasteiger partial charge in [0.05, 0.1) is 0 Å². The predicted octanol–water partition coefficient (Wildman–Crippen LogP) is 2.42. The van der Waals surface area contributed by atoms with E-state index >= 15 is 0 Å². The average Bonchev–Trinajstić information content (AvgIpc) is 2.68. The van der Waals surface area contributed by atoms with E-state index in [9.17, 15) is 13.2 Å². The van der Waals surface area contributed by atoms with E-state index in [1.165, 1.54) is 10.4 Å². The van der Waals surface area contributed by atoms with E-state index in [1.807, 2.05) is 13.8 Å². The summed E-state index contributed by atoms with van der Waals surface area (Å²) in [6.07, 6.45) is 0. The minimum Gasteiger partial charge on any atom is -0.477 e. The highest BCUT2D eigenvalue weighted by molar-refractivity contribution is 7.91. The third-order valence-electron chi connectivity index (χ3n) is 2.61. The summed E-state index contributed by atoms with van der Waals surface area (Å²) in [4.78, 5) is 11.1. The van der Waals surface area contributed by atoms with Gasteiger partial charge in [-0.3, -0.25) is 0 Å². The monoisotopic (exact) mass is 305 g/mol. The van der Waals surface area contributed by atoms with Gasteiger partial charge in [-0.1, -0.05) is 20.8 Å². The molecule has 0 fully saturated rings. The van der Waals surface area contributed by atoms with E-state index in [0.29, 0.717) is 18.7 Å². The highest BCUT2D eigenvalue weighted by atomic mass is 32.2. The Hall–Kier alpha value is -0.920. The van der Waals surface area contributed by atoms with Gasteiger partial charge in [-0.15, -0.1) is 11.3 Å². The van der Waals surface area contributed by atoms with E-state index in [0.717, 1.165) is 11.3 Å². The Balaban J connectivity index is 3.19. The first kappa shape index (κ1) is 16.1. The molecule has 0 aliphatic carbocycles. The van der Waals surface area contributed by atoms with Gasteiger partial charge in [0.1, 0.15) is 9.09 Å². The van der Waals surface area contributed by atoms with Crippen LogP contribution in [0.25, 0.3) is 0 Å². The number of carbonyl (C=O) groups is 1. The Kier molecular flexibility index (Phi) is 5.11. The van der Waals surface area contributed by atoms with Gasteiger partial charge in [0.2, 0.25) is 0 Å². The lowest BCUT2D eigenvalue weighted by Crippen LogP contribution is -2.33. The third-order valence-corrected chi connectivity index (χ3v) is 6.22. The Morgan fingerprint density at radius 2 is 2.05 bits per heavy atom. The molecule has 0 atom stereocenters. The van der Waals surface area contributed by atoms with Gasteiger partial charge in [0.25, 0.3) is 10.0 Å². The number of nitrogens with zero attached hydrogens (tertiary/aromatic N) is 1. The molecule has 0 aromatic carbocycles. The largest absolute Gasteiger partial charge is 0.477 e. The van der Waals surface area contributed by atoms with E-state index in [-0.39, 0.29) is 15.0 Å². The summed E-state index contributed by atoms with van der Waals surface area (Å²) in [5.41, 5.74) is 0.483. The van der Waals surface area contributed by atoms with Crippen LogP contribution in [0, 0.1) is 12.8 Å². The molecule has 7 heteroatoms. The summed E-state index contributed by atoms with van der Waals surface area (Å²) >= 11 is 0.816. The maximum Gasteiger partial charge on any atom is 0.346 e. The first-order valence-electron chi connectivity index (χ1n) is 6.04. The SMILES string of the molecule is CCN(CC(C)C)S(=O)(=O)c1cc(C)c(C(=O)O)s1. The third kappa shape index (κ3) is 3.55. The highest BCUT2D eigenvalue weighted by Gasteiger charge is 2.27. The van der Waals surface area contributed by atoms with Crippen molar-refractivity contribution in [1.82, 2.24) is 4.31 Å². The molecule has 1 rings (SSSR count). The Bertz CT molecular complexity index is 560. The smallest absolute Gasteiger partial charge is 0.346 e. The second-order valence-corrected chi connectivity index (χ2v) is 7.95. The van der Waals surface area contributed by atoms with Gasteiger partial charge in [0.15, 0.2) is 0 Å². The number of aryl methyl sites for hydroxylation is 1. The molecule has 0 radical (unpaired) electrons. The second-order valence-electron chi connectivity index (χ2n) is 4.73. The van der Waals surface area contributed by atoms with E-state index < -0.39 is 16.0 Å². The Morgan fingerprint density at radius 1 is 1.47 bits per heavy atom. The normalized spacial score (nSPS) is 12.3. The molecule has 5 nitrogen and oxygen atoms in total. The zero-order valence-corrected chi connectivity index (χ0v) is 13.1. The van der Waals surface area contributed by atoms with Crippen LogP contribution in [0.5, 0.6) is 0 Å². The number of rotatable bonds is 6. The molecule has 0 saturated carbocycles. The lowest BCUT2D eigenvalue weighted by atomic mass is 10.2. The number of carboxylic acid groups (broad SMARTS) is 1. The maximum atomic E-state index is 12.4. The Labute approximate surface area is 117 Å². The average molecular weight is 305 g/mol. The summed E-state index contributed by atoms with van der Waals surface area (Å²) in [6.45, 7) is 8.08. The number of carboxylic acids is 1. The Morgan fingerprint density at radius 3 is 2.42 bits per heavy atom. The molecule has 1 aromatic rings. The summed E-state index contributed by atoms with van der Waals surface area (Å²) in [6, 6.07) is 1.44. The number of thiophene rings is 1. The molecule has 108 valence electrons. The predicted molar refractivity (Wildman–Crippen MR) is 75.3 cm³/mol. The molecular formula is C12H19NO4S2. The van der Waals surface area contributed by atoms with E-state index in [1.54, 1.807) is 13.8 Å². The first-order chi connectivity index (χ1) is 8.70. The van der Waals surface area contributed by atoms with Crippen molar-refractivity contribution in [1.29, 1.82) is 0 Å². The second kappa shape index (κ2) is 6.02. The van der Waals surface area contributed by atoms with Gasteiger partial charge in [0, 0.05) is 13.1 Å². The maximum absolute atomic E-state index is 12.4. The standard InChI is InChI=1S/C12H19NO4S2/c1-5-13(7-8(2)3)19(16,17)10-6-9(4)11(18-10)12(14)15/h6,8H,5,7H2,1-4H3,(H,14,15). The van der Waals surface area contributed by atoms with Crippen LogP contribution in [0.1, 0.15) is 36.0 Å². The quantitative estimate of drug-likeness (QED) is 0.876. The molecule has 0 aliphatic heterocycles. The number of sulfonamides is 1. The summed E-state index contributed by atoms with van der Waals surface area (Å²) in [5, 5.41) is 8.99. The van der Waals surface area contributed by atoms with Gasteiger partial charge < -0.3 is 5.11 Å². The van der Waals surface area contributed by atoms with Crippen molar-refractivity contribution >= 4 is 27.3 Å². The van der Waals surface area contributed by atoms with Crippen LogP contribution in [0.2, 0.25) is 0 Å². The number of hydrogen-bond donors (Lipinski definition) is 1. The molecule has 1 aromatic heterocycles. The van der Waals surface area contributed by atoms with Crippen molar-refractivity contribution in [2.45, 2.75) is 31.9 Å². The topological polar surface area (TPSA) is 74.7 Å². The lowest BCUT2D eigenvalue weighted by molar-refractivity contribution is 0.0701. The van der Waals surface area contributed by atoms with Crippen molar-refractivity contribution in [3.05, 3.63) is 16.5 Å². The molecule has 0 bridgehead atoms. The van der Waals surface area contributed by atoms with E-state index in [4.69, 9.17) is 5.11 Å². The van der Waals surface area contributed by atoms with Crippen LogP contribution < -0.4 is 0 Å². The fraction of sp³-hybridized carbons (Fsp3) is 0.583. The summed E-state index contributed by atoms with van der Waals surface area (Å²) < 4.78 is 26.3. The molecule has 19 heavy (non-hydrogen) atoms. The number of hydrogen-bond acceptors (Lipinski definition) is 4. The van der Waals surface area contributed by atoms with Crippen LogP contribution in [-0.4, -0.2) is 36.9 Å². The van der Waals surface area contributed by atoms with Crippen molar-refractivity contribution in [3.8, 4) is 0 Å². The minimum atomic E-state index is -3.59. The van der Waals surface area contributed by atoms with Crippen molar-refractivity contribution < 1.29 is 18.3 Å². The van der Waals surface area contributed by atoms with Crippen LogP contribution in [-0.2, 0) is 10.0 Å². The van der Waals surface area contributed by atoms with Crippen LogP contribution in [0.3, 0.4) is 0 Å². The highest BCUT2D eigenvalue weighted by Crippen LogP contribution is 2.28. The first-order valence-corrected chi connectivity index (χ1v) is 8.29. The van der Waals surface area contributed by atoms with Gasteiger partial charge in [-0.25, -0.2) is 13.2 Å². The van der Waals surface area contributed by atoms with Gasteiger partial charge in [-0.05, 0) is 24.5 Å². The minimum absolute atomic E-state index is 0.0826. The molecule has 0 aliphatic rings. The van der Waals surface area contributed by atoms with Crippen molar-refractivity contribution in [3.63, 3.8) is 0 Å². The zero-order chi connectivity index (χ0) is 14.8. The van der Waals surface area contributed by atoms with Crippen LogP contribution >= 0.6 is 11.3 Å². The molecule has 1 heterocycles. The van der Waals surface area contributed by atoms with Crippen LogP contribution in [0.4, 0.5) is 0 Å². The lowest BCUT2D eigenvalue weighted by Gasteiger charge is -2.21. The molecular weight excluding hydrogens is 286 g/mol. The molecule has 1 N–H and O–H groups in total. The molecule has 0 saturated heterocycles. The van der Waals surface area contributed by atoms with Crippen molar-refractivity contribution in [2.75, 3.05) is 13.1 Å². The molecule has 0 amide bonds. The van der Waals surface area contributed by atoms with E-state index in [2.05, 4.69) is 0 Å². The van der Waals surface area contributed by atoms with Gasteiger partial charge in [-0.2, -0.15) is 4.31 Å². The molecule has 0 unspecified atom stereocenters. The van der Waals surface area contributed by atoms with Gasteiger partial charge >= 0.3 is 5.97 Å². The fourth-order valence-corrected chi connectivity index (χ4v) is 4.87. The number of aromatic carboxylic acids is 1. The van der Waals surface area contributed by atoms with Crippen molar-refractivity contribution in [2.24, 2.45) is 5.92 Å². The molecule has 0 spiro atoms. The summed E-state index contributed by atoms with van der Waals surface area (Å²) in [5.74, 6) is -0.870.